The van der Waals surface area contributed by atoms with Crippen molar-refractivity contribution < 1.29 is 18.7 Å². The molecule has 25 heavy (non-hydrogen) atoms. The molecule has 0 heterocycles. The second kappa shape index (κ2) is 9.13. The van der Waals surface area contributed by atoms with Crippen LogP contribution in [0.1, 0.15) is 43.0 Å². The fourth-order valence-electron chi connectivity index (χ4n) is 2.63. The minimum Gasteiger partial charge on any atom is -0.396 e. The van der Waals surface area contributed by atoms with E-state index in [2.05, 4.69) is 10.6 Å². The molecule has 3 N–H and O–H groups in total. The molecule has 0 radical (unpaired) electrons. The van der Waals surface area contributed by atoms with Gasteiger partial charge in [0.2, 0.25) is 0 Å². The number of urea groups is 1. The molecule has 2 atom stereocenters. The Morgan fingerprint density at radius 3 is 2.48 bits per heavy atom. The highest BCUT2D eigenvalue weighted by Gasteiger charge is 2.18. The Morgan fingerprint density at radius 2 is 1.84 bits per heavy atom. The number of carbonyl (C=O) groups excluding carboxylic acids is 1. The molecule has 0 aliphatic carbocycles. The van der Waals surface area contributed by atoms with Gasteiger partial charge in [0.15, 0.2) is 0 Å². The van der Waals surface area contributed by atoms with Crippen molar-refractivity contribution in [3.63, 3.8) is 0 Å². The molecule has 2 rings (SSSR count). The molecule has 0 saturated carbocycles. The van der Waals surface area contributed by atoms with E-state index in [0.717, 1.165) is 17.7 Å². The minimum atomic E-state index is -0.701. The standard InChI is InChI=1S/C19H22F2N2O2/c1-13(16-10-9-15(20)12-17(16)21)22-19(25)23-18(8-5-11-24)14-6-3-2-4-7-14/h2-4,6-7,9-10,12-13,18,24H,5,8,11H2,1H3,(H2,22,23,25). The average Bonchev–Trinajstić information content (AvgIpc) is 2.59. The molecular formula is C19H22F2N2O2. The maximum atomic E-state index is 13.8. The van der Waals surface area contributed by atoms with E-state index in [1.165, 1.54) is 6.07 Å². The molecule has 2 aromatic rings. The molecule has 2 amide bonds. The van der Waals surface area contributed by atoms with E-state index in [1.807, 2.05) is 30.3 Å². The Labute approximate surface area is 145 Å². The van der Waals surface area contributed by atoms with Gasteiger partial charge in [0.25, 0.3) is 0 Å². The Bertz CT molecular complexity index is 695. The van der Waals surface area contributed by atoms with Crippen molar-refractivity contribution in [2.45, 2.75) is 31.8 Å². The summed E-state index contributed by atoms with van der Waals surface area (Å²) in [5, 5.41) is 14.5. The van der Waals surface area contributed by atoms with Gasteiger partial charge in [0, 0.05) is 18.2 Å². The van der Waals surface area contributed by atoms with E-state index in [1.54, 1.807) is 6.92 Å². The fourth-order valence-corrected chi connectivity index (χ4v) is 2.63. The van der Waals surface area contributed by atoms with Crippen molar-refractivity contribution in [3.8, 4) is 0 Å². The predicted molar refractivity (Wildman–Crippen MR) is 91.9 cm³/mol. The lowest BCUT2D eigenvalue weighted by Crippen LogP contribution is -2.39. The summed E-state index contributed by atoms with van der Waals surface area (Å²) in [6, 6.07) is 11.3. The Morgan fingerprint density at radius 1 is 1.12 bits per heavy atom. The summed E-state index contributed by atoms with van der Waals surface area (Å²) in [6.07, 6.45) is 1.12. The average molecular weight is 348 g/mol. The molecule has 0 fully saturated rings. The molecule has 0 spiro atoms. The van der Waals surface area contributed by atoms with Crippen LogP contribution in [-0.2, 0) is 0 Å². The molecule has 0 aromatic heterocycles. The van der Waals surface area contributed by atoms with E-state index in [4.69, 9.17) is 5.11 Å². The van der Waals surface area contributed by atoms with Crippen molar-refractivity contribution in [2.75, 3.05) is 6.61 Å². The number of hydrogen-bond donors (Lipinski definition) is 3. The lowest BCUT2D eigenvalue weighted by atomic mass is 10.0. The summed E-state index contributed by atoms with van der Waals surface area (Å²) >= 11 is 0. The molecule has 0 aliphatic heterocycles. The molecular weight excluding hydrogens is 326 g/mol. The Kier molecular flexibility index (Phi) is 6.89. The number of halogens is 2. The molecule has 2 aromatic carbocycles. The van der Waals surface area contributed by atoms with Crippen LogP contribution in [0, 0.1) is 11.6 Å². The fraction of sp³-hybridized carbons (Fsp3) is 0.316. The van der Waals surface area contributed by atoms with Crippen LogP contribution in [0.3, 0.4) is 0 Å². The van der Waals surface area contributed by atoms with E-state index < -0.39 is 23.7 Å². The summed E-state index contributed by atoms with van der Waals surface area (Å²) in [4.78, 5) is 12.3. The van der Waals surface area contributed by atoms with Crippen molar-refractivity contribution in [1.82, 2.24) is 10.6 Å². The first-order valence-corrected chi connectivity index (χ1v) is 8.19. The van der Waals surface area contributed by atoms with Gasteiger partial charge in [-0.05, 0) is 31.4 Å². The maximum absolute atomic E-state index is 13.8. The van der Waals surface area contributed by atoms with E-state index in [-0.39, 0.29) is 18.2 Å². The van der Waals surface area contributed by atoms with E-state index >= 15 is 0 Å². The molecule has 6 heteroatoms. The smallest absolute Gasteiger partial charge is 0.315 e. The largest absolute Gasteiger partial charge is 0.396 e. The van der Waals surface area contributed by atoms with Crippen LogP contribution in [0.25, 0.3) is 0 Å². The van der Waals surface area contributed by atoms with E-state index in [0.29, 0.717) is 12.8 Å². The van der Waals surface area contributed by atoms with Crippen molar-refractivity contribution in [2.24, 2.45) is 0 Å². The van der Waals surface area contributed by atoms with E-state index in [9.17, 15) is 13.6 Å². The van der Waals surface area contributed by atoms with Gasteiger partial charge < -0.3 is 15.7 Å². The zero-order chi connectivity index (χ0) is 18.2. The van der Waals surface area contributed by atoms with Gasteiger partial charge in [-0.3, -0.25) is 0 Å². The van der Waals surface area contributed by atoms with Gasteiger partial charge in [0.1, 0.15) is 11.6 Å². The van der Waals surface area contributed by atoms with Gasteiger partial charge >= 0.3 is 6.03 Å². The van der Waals surface area contributed by atoms with Crippen LogP contribution >= 0.6 is 0 Å². The summed E-state index contributed by atoms with van der Waals surface area (Å²) in [5.74, 6) is -1.36. The van der Waals surface area contributed by atoms with Crippen molar-refractivity contribution in [3.05, 3.63) is 71.3 Å². The monoisotopic (exact) mass is 348 g/mol. The number of amides is 2. The number of aliphatic hydroxyl groups excluding tert-OH is 1. The molecule has 0 aliphatic rings. The Hall–Kier alpha value is -2.47. The first-order valence-electron chi connectivity index (χ1n) is 8.19. The van der Waals surface area contributed by atoms with Crippen LogP contribution in [0.15, 0.2) is 48.5 Å². The highest BCUT2D eigenvalue weighted by Crippen LogP contribution is 2.20. The molecule has 134 valence electrons. The third-order valence-electron chi connectivity index (χ3n) is 3.93. The molecule has 0 bridgehead atoms. The summed E-state index contributed by atoms with van der Waals surface area (Å²) in [7, 11) is 0. The number of carbonyl (C=O) groups is 1. The van der Waals surface area contributed by atoms with Crippen molar-refractivity contribution >= 4 is 6.03 Å². The van der Waals surface area contributed by atoms with Crippen LogP contribution in [0.5, 0.6) is 0 Å². The molecule has 4 nitrogen and oxygen atoms in total. The first kappa shape index (κ1) is 18.9. The number of aliphatic hydroxyl groups is 1. The number of hydrogen-bond acceptors (Lipinski definition) is 2. The van der Waals surface area contributed by atoms with Gasteiger partial charge in [0.05, 0.1) is 12.1 Å². The lowest BCUT2D eigenvalue weighted by molar-refractivity contribution is 0.230. The quantitative estimate of drug-likeness (QED) is 0.712. The summed E-state index contributed by atoms with van der Waals surface area (Å²) in [5.41, 5.74) is 1.13. The first-order chi connectivity index (χ1) is 12.0. The Balaban J connectivity index is 2.02. The van der Waals surface area contributed by atoms with Gasteiger partial charge in [-0.25, -0.2) is 13.6 Å². The predicted octanol–water partition coefficient (Wildman–Crippen LogP) is 3.84. The van der Waals surface area contributed by atoms with Crippen LogP contribution in [0.4, 0.5) is 13.6 Å². The topological polar surface area (TPSA) is 61.4 Å². The zero-order valence-corrected chi connectivity index (χ0v) is 14.0. The second-order valence-electron chi connectivity index (χ2n) is 5.83. The molecule has 2 unspecified atom stereocenters. The summed E-state index contributed by atoms with van der Waals surface area (Å²) in [6.45, 7) is 1.66. The van der Waals surface area contributed by atoms with Crippen LogP contribution in [0.2, 0.25) is 0 Å². The normalized spacial score (nSPS) is 13.1. The van der Waals surface area contributed by atoms with Gasteiger partial charge in [-0.15, -0.1) is 0 Å². The van der Waals surface area contributed by atoms with Crippen molar-refractivity contribution in [1.29, 1.82) is 0 Å². The zero-order valence-electron chi connectivity index (χ0n) is 14.0. The molecule has 0 saturated heterocycles. The number of benzene rings is 2. The lowest BCUT2D eigenvalue weighted by Gasteiger charge is -2.22. The third kappa shape index (κ3) is 5.53. The van der Waals surface area contributed by atoms with Crippen LogP contribution < -0.4 is 10.6 Å². The third-order valence-corrected chi connectivity index (χ3v) is 3.93. The maximum Gasteiger partial charge on any atom is 0.315 e. The number of nitrogens with one attached hydrogen (secondary N) is 2. The minimum absolute atomic E-state index is 0.0316. The van der Waals surface area contributed by atoms with Gasteiger partial charge in [-0.2, -0.15) is 0 Å². The second-order valence-corrected chi connectivity index (χ2v) is 5.83. The number of rotatable bonds is 7. The van der Waals surface area contributed by atoms with Crippen LogP contribution in [-0.4, -0.2) is 17.7 Å². The highest BCUT2D eigenvalue weighted by molar-refractivity contribution is 5.75. The summed E-state index contributed by atoms with van der Waals surface area (Å²) < 4.78 is 26.8. The SMILES string of the molecule is CC(NC(=O)NC(CCCO)c1ccccc1)c1ccc(F)cc1F. The van der Waals surface area contributed by atoms with Gasteiger partial charge in [-0.1, -0.05) is 36.4 Å². The highest BCUT2D eigenvalue weighted by atomic mass is 19.1.